The highest BCUT2D eigenvalue weighted by atomic mass is 16.3. The zero-order chi connectivity index (χ0) is 21.1. The molecule has 0 radical (unpaired) electrons. The van der Waals surface area contributed by atoms with Gasteiger partial charge in [-0.15, -0.1) is 0 Å². The summed E-state index contributed by atoms with van der Waals surface area (Å²) < 4.78 is 8.46. The van der Waals surface area contributed by atoms with Crippen LogP contribution in [-0.4, -0.2) is 14.5 Å². The number of hydrogen-bond donors (Lipinski definition) is 0. The first kappa shape index (κ1) is 17.3. The molecule has 0 aliphatic heterocycles. The maximum absolute atomic E-state index is 6.25. The number of furan rings is 1. The molecule has 0 aliphatic carbocycles. The lowest BCUT2D eigenvalue weighted by molar-refractivity contribution is 0.670. The quantitative estimate of drug-likeness (QED) is 0.304. The van der Waals surface area contributed by atoms with Gasteiger partial charge in [0, 0.05) is 39.5 Å². The fourth-order valence-corrected chi connectivity index (χ4v) is 4.71. The minimum absolute atomic E-state index is 0.866. The average Bonchev–Trinajstić information content (AvgIpc) is 3.40. The van der Waals surface area contributed by atoms with Crippen LogP contribution >= 0.6 is 0 Å². The predicted molar refractivity (Wildman–Crippen MR) is 129 cm³/mol. The number of para-hydroxylation sites is 3. The molecule has 4 heteroatoms. The van der Waals surface area contributed by atoms with Gasteiger partial charge in [0.15, 0.2) is 0 Å². The first-order valence-corrected chi connectivity index (χ1v) is 10.6. The van der Waals surface area contributed by atoms with Crippen molar-refractivity contribution in [2.75, 3.05) is 0 Å². The molecule has 0 bridgehead atoms. The van der Waals surface area contributed by atoms with Crippen LogP contribution in [0.4, 0.5) is 0 Å². The van der Waals surface area contributed by atoms with E-state index in [-0.39, 0.29) is 0 Å². The summed E-state index contributed by atoms with van der Waals surface area (Å²) >= 11 is 0. The molecule has 4 aromatic heterocycles. The molecule has 150 valence electrons. The van der Waals surface area contributed by atoms with E-state index in [4.69, 9.17) is 9.40 Å². The van der Waals surface area contributed by atoms with E-state index in [2.05, 4.69) is 70.2 Å². The van der Waals surface area contributed by atoms with E-state index in [9.17, 15) is 0 Å². The van der Waals surface area contributed by atoms with E-state index < -0.39 is 0 Å². The smallest absolute Gasteiger partial charge is 0.144 e. The Morgan fingerprint density at radius 1 is 0.625 bits per heavy atom. The van der Waals surface area contributed by atoms with Crippen LogP contribution in [-0.2, 0) is 0 Å². The highest BCUT2D eigenvalue weighted by Gasteiger charge is 2.16. The standard InChI is InChI=1S/C28H17N3O/c1-3-12-24-18(7-1)22-17-29-16-15-25(22)31(24)27-14-6-11-23(30-27)21-10-5-9-20-19-8-2-4-13-26(19)32-28(20)21/h1-17H. The van der Waals surface area contributed by atoms with Gasteiger partial charge >= 0.3 is 0 Å². The van der Waals surface area contributed by atoms with Crippen molar-refractivity contribution in [1.82, 2.24) is 14.5 Å². The number of aromatic nitrogens is 3. The highest BCUT2D eigenvalue weighted by Crippen LogP contribution is 2.36. The van der Waals surface area contributed by atoms with Crippen molar-refractivity contribution in [3.8, 4) is 17.1 Å². The van der Waals surface area contributed by atoms with Crippen LogP contribution in [0, 0.1) is 0 Å². The molecule has 4 nitrogen and oxygen atoms in total. The number of rotatable bonds is 2. The third-order valence-electron chi connectivity index (χ3n) is 6.12. The molecule has 0 atom stereocenters. The number of fused-ring (bicyclic) bond motifs is 6. The molecule has 0 unspecified atom stereocenters. The van der Waals surface area contributed by atoms with Crippen LogP contribution in [0.5, 0.6) is 0 Å². The van der Waals surface area contributed by atoms with Gasteiger partial charge in [-0.25, -0.2) is 4.98 Å². The van der Waals surface area contributed by atoms with Gasteiger partial charge in [0.1, 0.15) is 17.0 Å². The van der Waals surface area contributed by atoms with Crippen LogP contribution in [0.3, 0.4) is 0 Å². The third-order valence-corrected chi connectivity index (χ3v) is 6.12. The summed E-state index contributed by atoms with van der Waals surface area (Å²) in [5, 5.41) is 4.51. The van der Waals surface area contributed by atoms with Crippen molar-refractivity contribution >= 4 is 43.7 Å². The molecule has 0 saturated carbocycles. The average molecular weight is 411 g/mol. The van der Waals surface area contributed by atoms with Gasteiger partial charge in [0.05, 0.1) is 16.7 Å². The third kappa shape index (κ3) is 2.38. The maximum atomic E-state index is 6.25. The number of hydrogen-bond acceptors (Lipinski definition) is 3. The van der Waals surface area contributed by atoms with E-state index in [1.807, 2.05) is 42.7 Å². The Morgan fingerprint density at radius 3 is 2.38 bits per heavy atom. The molecular formula is C28H17N3O. The minimum Gasteiger partial charge on any atom is -0.455 e. The van der Waals surface area contributed by atoms with Gasteiger partial charge in [0.25, 0.3) is 0 Å². The highest BCUT2D eigenvalue weighted by molar-refractivity contribution is 6.10. The first-order chi connectivity index (χ1) is 15.9. The van der Waals surface area contributed by atoms with Crippen LogP contribution < -0.4 is 0 Å². The zero-order valence-electron chi connectivity index (χ0n) is 17.1. The van der Waals surface area contributed by atoms with Crippen molar-refractivity contribution in [1.29, 1.82) is 0 Å². The molecule has 0 aliphatic rings. The summed E-state index contributed by atoms with van der Waals surface area (Å²) in [6.45, 7) is 0. The van der Waals surface area contributed by atoms with Gasteiger partial charge in [-0.3, -0.25) is 9.55 Å². The molecule has 7 rings (SSSR count). The van der Waals surface area contributed by atoms with E-state index in [0.717, 1.165) is 55.4 Å². The maximum Gasteiger partial charge on any atom is 0.144 e. The molecule has 0 saturated heterocycles. The second-order valence-electron chi connectivity index (χ2n) is 7.91. The topological polar surface area (TPSA) is 43.9 Å². The summed E-state index contributed by atoms with van der Waals surface area (Å²) in [7, 11) is 0. The van der Waals surface area contributed by atoms with Crippen LogP contribution in [0.2, 0.25) is 0 Å². The van der Waals surface area contributed by atoms with E-state index in [1.54, 1.807) is 0 Å². The van der Waals surface area contributed by atoms with Gasteiger partial charge in [-0.05, 0) is 36.4 Å². The second kappa shape index (κ2) is 6.53. The van der Waals surface area contributed by atoms with Crippen molar-refractivity contribution in [3.05, 3.63) is 103 Å². The molecule has 3 aromatic carbocycles. The lowest BCUT2D eigenvalue weighted by atomic mass is 10.1. The summed E-state index contributed by atoms with van der Waals surface area (Å²) in [5.74, 6) is 0.869. The van der Waals surface area contributed by atoms with Crippen molar-refractivity contribution in [2.45, 2.75) is 0 Å². The Hall–Kier alpha value is -4.44. The van der Waals surface area contributed by atoms with Gasteiger partial charge in [0.2, 0.25) is 0 Å². The minimum atomic E-state index is 0.866. The van der Waals surface area contributed by atoms with E-state index in [1.165, 1.54) is 5.39 Å². The monoisotopic (exact) mass is 411 g/mol. The Bertz CT molecular complexity index is 1740. The predicted octanol–water partition coefficient (Wildman–Crippen LogP) is 7.14. The molecule has 4 heterocycles. The van der Waals surface area contributed by atoms with Crippen molar-refractivity contribution in [3.63, 3.8) is 0 Å². The molecule has 32 heavy (non-hydrogen) atoms. The molecule has 0 fully saturated rings. The second-order valence-corrected chi connectivity index (χ2v) is 7.91. The van der Waals surface area contributed by atoms with Gasteiger partial charge in [-0.1, -0.05) is 54.6 Å². The van der Waals surface area contributed by atoms with Crippen molar-refractivity contribution < 1.29 is 4.42 Å². The fraction of sp³-hybridized carbons (Fsp3) is 0. The Balaban J connectivity index is 1.50. The Morgan fingerprint density at radius 2 is 1.41 bits per heavy atom. The number of pyridine rings is 2. The van der Waals surface area contributed by atoms with Crippen molar-refractivity contribution in [2.24, 2.45) is 0 Å². The Kier molecular flexibility index (Phi) is 3.52. The van der Waals surface area contributed by atoms with Gasteiger partial charge in [-0.2, -0.15) is 0 Å². The van der Waals surface area contributed by atoms with Crippen LogP contribution in [0.25, 0.3) is 60.8 Å². The lowest BCUT2D eigenvalue weighted by Gasteiger charge is -2.09. The largest absolute Gasteiger partial charge is 0.455 e. The summed E-state index contributed by atoms with van der Waals surface area (Å²) in [4.78, 5) is 9.43. The SMILES string of the molecule is c1cc(-c2cccc3c2oc2ccccc23)nc(-n2c3ccccc3c3cnccc32)c1. The first-order valence-electron chi connectivity index (χ1n) is 10.6. The van der Waals surface area contributed by atoms with Gasteiger partial charge < -0.3 is 4.42 Å². The summed E-state index contributed by atoms with van der Waals surface area (Å²) in [6.07, 6.45) is 3.75. The summed E-state index contributed by atoms with van der Waals surface area (Å²) in [6, 6.07) is 31.0. The fourth-order valence-electron chi connectivity index (χ4n) is 4.71. The molecule has 7 aromatic rings. The number of nitrogens with zero attached hydrogens (tertiary/aromatic N) is 3. The van der Waals surface area contributed by atoms with Crippen LogP contribution in [0.1, 0.15) is 0 Å². The molecular weight excluding hydrogens is 394 g/mol. The van der Waals surface area contributed by atoms with E-state index >= 15 is 0 Å². The van der Waals surface area contributed by atoms with Crippen LogP contribution in [0.15, 0.2) is 108 Å². The molecule has 0 amide bonds. The molecule has 0 spiro atoms. The number of benzene rings is 3. The Labute approximate surface area is 183 Å². The molecule has 0 N–H and O–H groups in total. The zero-order valence-corrected chi connectivity index (χ0v) is 17.1. The normalized spacial score (nSPS) is 11.8. The van der Waals surface area contributed by atoms with E-state index in [0.29, 0.717) is 0 Å². The lowest BCUT2D eigenvalue weighted by Crippen LogP contribution is -1.98. The summed E-state index contributed by atoms with van der Waals surface area (Å²) in [5.41, 5.74) is 5.83.